The molecule has 2 atom stereocenters. The number of carboxylic acids is 1. The molecule has 0 radical (unpaired) electrons. The van der Waals surface area contributed by atoms with Crippen LogP contribution in [-0.2, 0) is 14.3 Å². The van der Waals surface area contributed by atoms with Crippen LogP contribution in [0.2, 0.25) is 0 Å². The highest BCUT2D eigenvalue weighted by Gasteiger charge is 2.34. The summed E-state index contributed by atoms with van der Waals surface area (Å²) >= 11 is 0. The van der Waals surface area contributed by atoms with Crippen LogP contribution < -0.4 is 5.32 Å². The largest absolute Gasteiger partial charge is 0.481 e. The number of esters is 1. The van der Waals surface area contributed by atoms with Gasteiger partial charge in [-0.05, 0) is 18.8 Å². The van der Waals surface area contributed by atoms with Crippen molar-refractivity contribution in [2.45, 2.75) is 32.2 Å². The van der Waals surface area contributed by atoms with Crippen molar-refractivity contribution in [3.8, 4) is 0 Å². The molecule has 1 aliphatic heterocycles. The van der Waals surface area contributed by atoms with Gasteiger partial charge in [0.2, 0.25) is 0 Å². The third-order valence-corrected chi connectivity index (χ3v) is 3.11. The first-order valence-electron chi connectivity index (χ1n) is 6.29. The maximum atomic E-state index is 11.9. The summed E-state index contributed by atoms with van der Waals surface area (Å²) in [6.07, 6.45) is 1.36. The number of nitrogens with one attached hydrogen (secondary N) is 1. The van der Waals surface area contributed by atoms with Crippen molar-refractivity contribution in [1.29, 1.82) is 0 Å². The molecule has 1 fully saturated rings. The molecule has 7 nitrogen and oxygen atoms in total. The minimum Gasteiger partial charge on any atom is -0.481 e. The van der Waals surface area contributed by atoms with E-state index < -0.39 is 18.0 Å². The number of likely N-dealkylation sites (tertiary alicyclic amines) is 1. The fourth-order valence-corrected chi connectivity index (χ4v) is 2.12. The van der Waals surface area contributed by atoms with E-state index in [4.69, 9.17) is 5.11 Å². The molecule has 0 saturated carbocycles. The summed E-state index contributed by atoms with van der Waals surface area (Å²) in [5, 5.41) is 11.3. The van der Waals surface area contributed by atoms with Gasteiger partial charge >= 0.3 is 18.0 Å². The average Bonchev–Trinajstić information content (AvgIpc) is 2.83. The van der Waals surface area contributed by atoms with Crippen molar-refractivity contribution in [2.75, 3.05) is 20.2 Å². The Morgan fingerprint density at radius 3 is 2.74 bits per heavy atom. The van der Waals surface area contributed by atoms with E-state index in [1.54, 1.807) is 6.92 Å². The summed E-state index contributed by atoms with van der Waals surface area (Å²) in [6, 6.07) is -0.870. The van der Waals surface area contributed by atoms with Gasteiger partial charge in [-0.25, -0.2) is 9.59 Å². The summed E-state index contributed by atoms with van der Waals surface area (Å²) in [6.45, 7) is 2.53. The number of carboxylic acid groups (broad SMARTS) is 1. The van der Waals surface area contributed by atoms with Gasteiger partial charge in [0.1, 0.15) is 6.04 Å². The Labute approximate surface area is 111 Å². The quantitative estimate of drug-likeness (QED) is 0.708. The predicted octanol–water partition coefficient (Wildman–Crippen LogP) is 0.444. The van der Waals surface area contributed by atoms with Crippen LogP contribution in [0.15, 0.2) is 0 Å². The number of urea groups is 1. The van der Waals surface area contributed by atoms with Crippen LogP contribution in [0.4, 0.5) is 4.79 Å². The number of nitrogens with zero attached hydrogens (tertiary/aromatic N) is 1. The number of hydrogen-bond acceptors (Lipinski definition) is 4. The normalized spacial score (nSPS) is 19.9. The minimum atomic E-state index is -0.893. The fourth-order valence-electron chi connectivity index (χ4n) is 2.12. The zero-order valence-electron chi connectivity index (χ0n) is 11.2. The van der Waals surface area contributed by atoms with E-state index in [-0.39, 0.29) is 24.9 Å². The van der Waals surface area contributed by atoms with E-state index in [0.29, 0.717) is 13.0 Å². The summed E-state index contributed by atoms with van der Waals surface area (Å²) in [7, 11) is 1.30. The van der Waals surface area contributed by atoms with Crippen LogP contribution in [-0.4, -0.2) is 54.2 Å². The van der Waals surface area contributed by atoms with E-state index in [1.165, 1.54) is 12.0 Å². The predicted molar refractivity (Wildman–Crippen MR) is 66.6 cm³/mol. The Morgan fingerprint density at radius 1 is 1.47 bits per heavy atom. The highest BCUT2D eigenvalue weighted by molar-refractivity contribution is 5.84. The van der Waals surface area contributed by atoms with Crippen molar-refractivity contribution in [1.82, 2.24) is 10.2 Å². The van der Waals surface area contributed by atoms with Crippen LogP contribution in [0, 0.1) is 5.92 Å². The Hall–Kier alpha value is -1.79. The third-order valence-electron chi connectivity index (χ3n) is 3.11. The number of hydrogen-bond donors (Lipinski definition) is 2. The van der Waals surface area contributed by atoms with Crippen LogP contribution >= 0.6 is 0 Å². The van der Waals surface area contributed by atoms with Crippen molar-refractivity contribution in [3.63, 3.8) is 0 Å². The van der Waals surface area contributed by atoms with Crippen molar-refractivity contribution in [3.05, 3.63) is 0 Å². The van der Waals surface area contributed by atoms with Crippen molar-refractivity contribution in [2.24, 2.45) is 5.92 Å². The molecule has 1 rings (SSSR count). The molecule has 1 heterocycles. The van der Waals surface area contributed by atoms with Gasteiger partial charge in [0.15, 0.2) is 0 Å². The molecule has 19 heavy (non-hydrogen) atoms. The van der Waals surface area contributed by atoms with Gasteiger partial charge in [0, 0.05) is 19.5 Å². The van der Waals surface area contributed by atoms with Gasteiger partial charge in [0.25, 0.3) is 0 Å². The molecule has 0 spiro atoms. The molecule has 0 aromatic carbocycles. The first kappa shape index (κ1) is 15.3. The number of carbonyl (C=O) groups is 3. The van der Waals surface area contributed by atoms with E-state index in [2.05, 4.69) is 10.1 Å². The lowest BCUT2D eigenvalue weighted by molar-refractivity contribution is -0.145. The van der Waals surface area contributed by atoms with E-state index in [0.717, 1.165) is 6.42 Å². The average molecular weight is 272 g/mol. The Bertz CT molecular complexity index is 358. The number of rotatable bonds is 5. The fraction of sp³-hybridized carbons (Fsp3) is 0.750. The highest BCUT2D eigenvalue weighted by atomic mass is 16.5. The molecular weight excluding hydrogens is 252 g/mol. The second-order valence-electron chi connectivity index (χ2n) is 4.76. The lowest BCUT2D eigenvalue weighted by atomic mass is 10.1. The number of ether oxygens (including phenoxy) is 1. The van der Waals surface area contributed by atoms with Gasteiger partial charge in [-0.3, -0.25) is 4.79 Å². The number of aliphatic carboxylic acids is 1. The maximum absolute atomic E-state index is 11.9. The first-order valence-corrected chi connectivity index (χ1v) is 6.29. The van der Waals surface area contributed by atoms with Crippen molar-refractivity contribution < 1.29 is 24.2 Å². The van der Waals surface area contributed by atoms with Crippen LogP contribution in [0.3, 0.4) is 0 Å². The molecular formula is C12H20N2O5. The molecule has 1 saturated heterocycles. The van der Waals surface area contributed by atoms with Gasteiger partial charge < -0.3 is 20.1 Å². The standard InChI is InChI=1S/C12H20N2O5/c1-8(6-10(15)16)7-13-12(18)14-5-3-4-9(14)11(17)19-2/h8-9H,3-7H2,1-2H3,(H,13,18)(H,15,16). The van der Waals surface area contributed by atoms with E-state index >= 15 is 0 Å². The van der Waals surface area contributed by atoms with Gasteiger partial charge in [-0.1, -0.05) is 6.92 Å². The van der Waals surface area contributed by atoms with E-state index in [9.17, 15) is 14.4 Å². The summed E-state index contributed by atoms with van der Waals surface area (Å²) in [5.41, 5.74) is 0. The molecule has 108 valence electrons. The smallest absolute Gasteiger partial charge is 0.328 e. The molecule has 0 bridgehead atoms. The molecule has 2 unspecified atom stereocenters. The zero-order valence-corrected chi connectivity index (χ0v) is 11.2. The summed E-state index contributed by atoms with van der Waals surface area (Å²) in [5.74, 6) is -1.46. The zero-order chi connectivity index (χ0) is 14.4. The van der Waals surface area contributed by atoms with Gasteiger partial charge in [-0.2, -0.15) is 0 Å². The van der Waals surface area contributed by atoms with Crippen LogP contribution in [0.25, 0.3) is 0 Å². The number of amides is 2. The Morgan fingerprint density at radius 2 is 2.16 bits per heavy atom. The second kappa shape index (κ2) is 6.96. The lowest BCUT2D eigenvalue weighted by Crippen LogP contribution is -2.47. The number of carbonyl (C=O) groups excluding carboxylic acids is 2. The van der Waals surface area contributed by atoms with Crippen LogP contribution in [0.5, 0.6) is 0 Å². The highest BCUT2D eigenvalue weighted by Crippen LogP contribution is 2.18. The minimum absolute atomic E-state index is 0.000705. The Balaban J connectivity index is 2.44. The Kier molecular flexibility index (Phi) is 5.59. The summed E-state index contributed by atoms with van der Waals surface area (Å²) in [4.78, 5) is 35.4. The SMILES string of the molecule is COC(=O)C1CCCN1C(=O)NCC(C)CC(=O)O. The monoisotopic (exact) mass is 272 g/mol. The lowest BCUT2D eigenvalue weighted by Gasteiger charge is -2.23. The van der Waals surface area contributed by atoms with Gasteiger partial charge in [-0.15, -0.1) is 0 Å². The van der Waals surface area contributed by atoms with E-state index in [1.807, 2.05) is 0 Å². The number of methoxy groups -OCH3 is 1. The molecule has 2 amide bonds. The third kappa shape index (κ3) is 4.42. The van der Waals surface area contributed by atoms with Gasteiger partial charge in [0.05, 0.1) is 7.11 Å². The molecule has 2 N–H and O–H groups in total. The molecule has 0 aromatic heterocycles. The van der Waals surface area contributed by atoms with Crippen LogP contribution in [0.1, 0.15) is 26.2 Å². The molecule has 0 aromatic rings. The van der Waals surface area contributed by atoms with Crippen molar-refractivity contribution >= 4 is 18.0 Å². The molecule has 1 aliphatic rings. The molecule has 7 heteroatoms. The topological polar surface area (TPSA) is 95.9 Å². The first-order chi connectivity index (χ1) is 8.95. The second-order valence-corrected chi connectivity index (χ2v) is 4.76. The summed E-state index contributed by atoms with van der Waals surface area (Å²) < 4.78 is 4.65. The molecule has 0 aliphatic carbocycles. The maximum Gasteiger partial charge on any atom is 0.328 e.